The fraction of sp³-hybridized carbons (Fsp3) is 0.242. The Kier molecular flexibility index (Phi) is 7.68. The van der Waals surface area contributed by atoms with E-state index < -0.39 is 6.29 Å². The van der Waals surface area contributed by atoms with Crippen molar-refractivity contribution in [2.75, 3.05) is 20.2 Å². The first-order chi connectivity index (χ1) is 19.3. The summed E-state index contributed by atoms with van der Waals surface area (Å²) in [5, 5.41) is 10.0. The Balaban J connectivity index is 1.11. The van der Waals surface area contributed by atoms with E-state index in [1.165, 1.54) is 16.3 Å². The molecule has 3 atom stereocenters. The van der Waals surface area contributed by atoms with Gasteiger partial charge in [0.1, 0.15) is 18.1 Å². The minimum atomic E-state index is -0.438. The third-order valence-electron chi connectivity index (χ3n) is 7.30. The van der Waals surface area contributed by atoms with E-state index in [4.69, 9.17) is 18.7 Å². The molecule has 2 heterocycles. The van der Waals surface area contributed by atoms with Crippen molar-refractivity contribution in [3.8, 4) is 17.0 Å². The lowest BCUT2D eigenvalue weighted by Gasteiger charge is -2.35. The summed E-state index contributed by atoms with van der Waals surface area (Å²) in [6.45, 7) is 2.04. The first-order valence-corrected chi connectivity index (χ1v) is 13.4. The normalized spacial score (nSPS) is 18.2. The topological polar surface area (TPSA) is 65.8 Å². The molecule has 6 nitrogen and oxygen atoms in total. The van der Waals surface area contributed by atoms with Gasteiger partial charge in [-0.05, 0) is 47.5 Å². The molecule has 1 N–H and O–H groups in total. The average molecular weight is 521 g/mol. The summed E-state index contributed by atoms with van der Waals surface area (Å²) in [5.74, 6) is 1.72. The minimum absolute atomic E-state index is 0.0208. The van der Waals surface area contributed by atoms with Crippen LogP contribution in [-0.2, 0) is 16.1 Å². The van der Waals surface area contributed by atoms with Crippen LogP contribution in [0.25, 0.3) is 22.0 Å². The van der Waals surface area contributed by atoms with E-state index in [2.05, 4.69) is 65.1 Å². The van der Waals surface area contributed by atoms with Crippen molar-refractivity contribution in [2.45, 2.75) is 31.3 Å². The Hall–Kier alpha value is -3.97. The van der Waals surface area contributed by atoms with Crippen molar-refractivity contribution < 1.29 is 18.7 Å². The van der Waals surface area contributed by atoms with Gasteiger partial charge in [0.15, 0.2) is 12.1 Å². The highest BCUT2D eigenvalue weighted by Crippen LogP contribution is 2.33. The van der Waals surface area contributed by atoms with E-state index in [9.17, 15) is 0 Å². The maximum atomic E-state index is 6.58. The molecular weight excluding hydrogens is 488 g/mol. The van der Waals surface area contributed by atoms with Crippen LogP contribution in [0, 0.1) is 0 Å². The van der Waals surface area contributed by atoms with Gasteiger partial charge >= 0.3 is 0 Å². The maximum Gasteiger partial charge on any atom is 0.183 e. The lowest BCUT2D eigenvalue weighted by molar-refractivity contribution is -0.168. The predicted octanol–water partition coefficient (Wildman–Crippen LogP) is 6.88. The number of piperidine rings is 1. The third kappa shape index (κ3) is 5.88. The van der Waals surface area contributed by atoms with E-state index in [1.807, 2.05) is 48.5 Å². The van der Waals surface area contributed by atoms with Crippen molar-refractivity contribution >= 4 is 10.8 Å². The molecule has 6 heteroatoms. The van der Waals surface area contributed by atoms with Gasteiger partial charge in [-0.2, -0.15) is 0 Å². The highest BCUT2D eigenvalue weighted by atomic mass is 16.7. The summed E-state index contributed by atoms with van der Waals surface area (Å²) in [5.41, 5.74) is 4.08. The van der Waals surface area contributed by atoms with E-state index >= 15 is 0 Å². The molecular formula is C33H32N2O4. The van der Waals surface area contributed by atoms with Crippen LogP contribution in [0.15, 0.2) is 108 Å². The number of benzene rings is 4. The van der Waals surface area contributed by atoms with Crippen LogP contribution in [0.5, 0.6) is 5.75 Å². The molecule has 0 saturated carbocycles. The van der Waals surface area contributed by atoms with Gasteiger partial charge in [0.2, 0.25) is 0 Å². The fourth-order valence-electron chi connectivity index (χ4n) is 5.23. The Bertz CT molecular complexity index is 1500. The standard InChI is InChI=1S/C33H32N2O4/c1-36-33(27-12-11-23-7-5-6-10-26(23)19-27)38-32-21-34-18-17-30(32)24-13-15-28(16-14-24)37-22-29-20-31(35-39-29)25-8-3-2-4-9-25/h2-16,19-20,30,32-34H,17-18,21-22H2,1H3. The molecule has 0 radical (unpaired) electrons. The van der Waals surface area contributed by atoms with Gasteiger partial charge in [0.25, 0.3) is 0 Å². The monoisotopic (exact) mass is 520 g/mol. The van der Waals surface area contributed by atoms with Gasteiger partial charge in [-0.15, -0.1) is 0 Å². The highest BCUT2D eigenvalue weighted by Gasteiger charge is 2.30. The van der Waals surface area contributed by atoms with Gasteiger partial charge in [-0.25, -0.2) is 0 Å². The molecule has 198 valence electrons. The molecule has 0 spiro atoms. The Labute approximate surface area is 228 Å². The zero-order chi connectivity index (χ0) is 26.4. The lowest BCUT2D eigenvalue weighted by atomic mass is 9.87. The van der Waals surface area contributed by atoms with Gasteiger partial charge in [0, 0.05) is 36.8 Å². The summed E-state index contributed by atoms with van der Waals surface area (Å²) < 4.78 is 23.9. The number of hydrogen-bond acceptors (Lipinski definition) is 6. The van der Waals surface area contributed by atoms with Gasteiger partial charge in [-0.3, -0.25) is 0 Å². The number of nitrogens with one attached hydrogen (secondary N) is 1. The highest BCUT2D eigenvalue weighted by molar-refractivity contribution is 5.83. The van der Waals surface area contributed by atoms with Crippen LogP contribution in [0.4, 0.5) is 0 Å². The van der Waals surface area contributed by atoms with Crippen LogP contribution in [-0.4, -0.2) is 31.5 Å². The SMILES string of the molecule is COC(OC1CNCCC1c1ccc(OCc2cc(-c3ccccc3)no2)cc1)c1ccc2ccccc2c1. The first kappa shape index (κ1) is 25.3. The van der Waals surface area contributed by atoms with Gasteiger partial charge in [0.05, 0.1) is 6.10 Å². The molecule has 3 unspecified atom stereocenters. The largest absolute Gasteiger partial charge is 0.486 e. The molecule has 1 fully saturated rings. The Morgan fingerprint density at radius 3 is 2.51 bits per heavy atom. The fourth-order valence-corrected chi connectivity index (χ4v) is 5.23. The Morgan fingerprint density at radius 2 is 1.69 bits per heavy atom. The average Bonchev–Trinajstić information content (AvgIpc) is 3.49. The number of aromatic nitrogens is 1. The quantitative estimate of drug-likeness (QED) is 0.214. The van der Waals surface area contributed by atoms with E-state index in [1.54, 1.807) is 7.11 Å². The maximum absolute atomic E-state index is 6.58. The lowest BCUT2D eigenvalue weighted by Crippen LogP contribution is -2.41. The molecule has 5 aromatic rings. The third-order valence-corrected chi connectivity index (χ3v) is 7.30. The van der Waals surface area contributed by atoms with E-state index in [-0.39, 0.29) is 12.0 Å². The second-order valence-electron chi connectivity index (χ2n) is 9.85. The molecule has 6 rings (SSSR count). The zero-order valence-electron chi connectivity index (χ0n) is 22.0. The van der Waals surface area contributed by atoms with Crippen molar-refractivity contribution in [1.29, 1.82) is 0 Å². The number of nitrogens with zero attached hydrogens (tertiary/aromatic N) is 1. The summed E-state index contributed by atoms with van der Waals surface area (Å²) in [7, 11) is 1.70. The number of ether oxygens (including phenoxy) is 3. The number of hydrogen-bond donors (Lipinski definition) is 1. The molecule has 1 saturated heterocycles. The van der Waals surface area contributed by atoms with Crippen molar-refractivity contribution in [3.05, 3.63) is 120 Å². The smallest absolute Gasteiger partial charge is 0.183 e. The molecule has 1 aliphatic rings. The number of methoxy groups -OCH3 is 1. The molecule has 1 aliphatic heterocycles. The molecule has 0 bridgehead atoms. The molecule has 0 amide bonds. The van der Waals surface area contributed by atoms with Crippen LogP contribution in [0.1, 0.15) is 35.5 Å². The molecule has 39 heavy (non-hydrogen) atoms. The van der Waals surface area contributed by atoms with Crippen molar-refractivity contribution in [1.82, 2.24) is 10.5 Å². The van der Waals surface area contributed by atoms with Crippen LogP contribution in [0.3, 0.4) is 0 Å². The summed E-state index contributed by atoms with van der Waals surface area (Å²) in [6, 6.07) is 34.9. The van der Waals surface area contributed by atoms with Crippen LogP contribution >= 0.6 is 0 Å². The predicted molar refractivity (Wildman–Crippen MR) is 152 cm³/mol. The van der Waals surface area contributed by atoms with Crippen molar-refractivity contribution in [2.24, 2.45) is 0 Å². The number of fused-ring (bicyclic) bond motifs is 1. The molecule has 0 aliphatic carbocycles. The summed E-state index contributed by atoms with van der Waals surface area (Å²) in [6.07, 6.45) is 0.527. The summed E-state index contributed by atoms with van der Waals surface area (Å²) >= 11 is 0. The zero-order valence-corrected chi connectivity index (χ0v) is 22.0. The minimum Gasteiger partial charge on any atom is -0.486 e. The second-order valence-corrected chi connectivity index (χ2v) is 9.85. The molecule has 4 aromatic carbocycles. The van der Waals surface area contributed by atoms with Gasteiger partial charge in [-0.1, -0.05) is 84.0 Å². The van der Waals surface area contributed by atoms with Gasteiger partial charge < -0.3 is 24.1 Å². The van der Waals surface area contributed by atoms with E-state index in [0.717, 1.165) is 42.1 Å². The van der Waals surface area contributed by atoms with Crippen LogP contribution in [0.2, 0.25) is 0 Å². The number of rotatable bonds is 9. The molecule has 1 aromatic heterocycles. The van der Waals surface area contributed by atoms with Crippen LogP contribution < -0.4 is 10.1 Å². The van der Waals surface area contributed by atoms with E-state index in [0.29, 0.717) is 12.4 Å². The first-order valence-electron chi connectivity index (χ1n) is 13.4. The Morgan fingerprint density at radius 1 is 0.897 bits per heavy atom. The summed E-state index contributed by atoms with van der Waals surface area (Å²) in [4.78, 5) is 0. The van der Waals surface area contributed by atoms with Crippen molar-refractivity contribution in [3.63, 3.8) is 0 Å². The second kappa shape index (κ2) is 11.8.